The number of hydrogen-bond donors (Lipinski definition) is 1. The molecule has 120 valence electrons. The Morgan fingerprint density at radius 3 is 2.59 bits per heavy atom. The third kappa shape index (κ3) is 2.07. The van der Waals surface area contributed by atoms with E-state index in [4.69, 9.17) is 4.74 Å². The van der Waals surface area contributed by atoms with Crippen LogP contribution in [0, 0.1) is 26.7 Å². The lowest BCUT2D eigenvalue weighted by Gasteiger charge is -2.28. The average Bonchev–Trinajstić information content (AvgIpc) is 2.86. The van der Waals surface area contributed by atoms with Crippen molar-refractivity contribution in [3.63, 3.8) is 0 Å². The number of rotatable bonds is 2. The Balaban J connectivity index is 2.19. The molecule has 0 amide bonds. The summed E-state index contributed by atoms with van der Waals surface area (Å²) < 4.78 is 8.16. The zero-order chi connectivity index (χ0) is 16.2. The molecule has 5 nitrogen and oxygen atoms in total. The zero-order valence-electron chi connectivity index (χ0n) is 14.2. The van der Waals surface area contributed by atoms with E-state index in [1.54, 1.807) is 0 Å². The predicted molar refractivity (Wildman–Crippen MR) is 85.7 cm³/mol. The van der Waals surface area contributed by atoms with E-state index in [-0.39, 0.29) is 12.0 Å². The second-order valence-electron chi connectivity index (χ2n) is 6.72. The minimum absolute atomic E-state index is 0.0572. The van der Waals surface area contributed by atoms with Crippen molar-refractivity contribution in [2.45, 2.75) is 65.9 Å². The molecule has 3 rings (SSSR count). The summed E-state index contributed by atoms with van der Waals surface area (Å²) in [6, 6.07) is 0. The summed E-state index contributed by atoms with van der Waals surface area (Å²) in [6.07, 6.45) is 2.55. The van der Waals surface area contributed by atoms with E-state index in [2.05, 4.69) is 30.7 Å². The quantitative estimate of drug-likeness (QED) is 0.926. The van der Waals surface area contributed by atoms with Gasteiger partial charge < -0.3 is 14.4 Å². The third-order valence-electron chi connectivity index (χ3n) is 5.09. The van der Waals surface area contributed by atoms with Gasteiger partial charge in [-0.3, -0.25) is 0 Å². The molecule has 0 aliphatic carbocycles. The zero-order valence-corrected chi connectivity index (χ0v) is 14.2. The Kier molecular flexibility index (Phi) is 3.53. The molecule has 1 saturated heterocycles. The molecular weight excluding hydrogens is 278 g/mol. The van der Waals surface area contributed by atoms with Crippen LogP contribution in [0.4, 0.5) is 0 Å². The van der Waals surface area contributed by atoms with E-state index in [0.717, 1.165) is 34.5 Å². The normalized spacial score (nSPS) is 32.0. The Hall–Kier alpha value is -1.46. The van der Waals surface area contributed by atoms with Crippen molar-refractivity contribution in [1.29, 1.82) is 0 Å². The van der Waals surface area contributed by atoms with Gasteiger partial charge in [0.25, 0.3) is 0 Å². The molecule has 3 heterocycles. The minimum atomic E-state index is -0.925. The maximum Gasteiger partial charge on any atom is 0.164 e. The molecule has 1 aliphatic rings. The van der Waals surface area contributed by atoms with E-state index in [0.29, 0.717) is 0 Å². The van der Waals surface area contributed by atoms with E-state index in [1.165, 1.54) is 0 Å². The molecular formula is C17H25N3O2. The van der Waals surface area contributed by atoms with Crippen LogP contribution in [0.1, 0.15) is 50.5 Å². The van der Waals surface area contributed by atoms with Crippen LogP contribution in [0.25, 0.3) is 11.0 Å². The van der Waals surface area contributed by atoms with Gasteiger partial charge >= 0.3 is 0 Å². The molecule has 2 aromatic heterocycles. The molecule has 22 heavy (non-hydrogen) atoms. The van der Waals surface area contributed by atoms with Gasteiger partial charge in [-0.2, -0.15) is 0 Å². The monoisotopic (exact) mass is 303 g/mol. The number of hydrogen-bond acceptors (Lipinski definition) is 4. The predicted octanol–water partition coefficient (Wildman–Crippen LogP) is 3.05. The Labute approximate surface area is 131 Å². The van der Waals surface area contributed by atoms with E-state index < -0.39 is 11.8 Å². The van der Waals surface area contributed by atoms with Crippen LogP contribution in [0.5, 0.6) is 0 Å². The Morgan fingerprint density at radius 2 is 2.00 bits per heavy atom. The molecule has 1 N–H and O–H groups in total. The highest BCUT2D eigenvalue weighted by Crippen LogP contribution is 2.44. The van der Waals surface area contributed by atoms with Gasteiger partial charge in [0.1, 0.15) is 17.1 Å². The third-order valence-corrected chi connectivity index (χ3v) is 5.09. The van der Waals surface area contributed by atoms with Crippen LogP contribution in [0.2, 0.25) is 0 Å². The second-order valence-corrected chi connectivity index (χ2v) is 6.72. The van der Waals surface area contributed by atoms with Gasteiger partial charge in [0.2, 0.25) is 0 Å². The van der Waals surface area contributed by atoms with Gasteiger partial charge in [-0.05, 0) is 39.7 Å². The number of aryl methyl sites for hydroxylation is 3. The molecule has 1 fully saturated rings. The lowest BCUT2D eigenvalue weighted by molar-refractivity contribution is -0.0831. The second kappa shape index (κ2) is 5.03. The lowest BCUT2D eigenvalue weighted by Crippen LogP contribution is -2.37. The molecule has 2 aromatic rings. The smallest absolute Gasteiger partial charge is 0.164 e. The molecule has 1 aliphatic heterocycles. The van der Waals surface area contributed by atoms with Crippen LogP contribution in [-0.2, 0) is 4.74 Å². The number of fused-ring (bicyclic) bond motifs is 1. The summed E-state index contributed by atoms with van der Waals surface area (Å²) in [5, 5.41) is 12.0. The van der Waals surface area contributed by atoms with Gasteiger partial charge in [-0.15, -0.1) is 0 Å². The molecule has 5 heteroatoms. The lowest BCUT2D eigenvalue weighted by atomic mass is 9.87. The number of aliphatic hydroxyl groups is 1. The topological polar surface area (TPSA) is 60.2 Å². The van der Waals surface area contributed by atoms with Gasteiger partial charge in [0, 0.05) is 17.5 Å². The summed E-state index contributed by atoms with van der Waals surface area (Å²) in [6.45, 7) is 12.0. The number of aromatic nitrogens is 3. The van der Waals surface area contributed by atoms with Crippen molar-refractivity contribution in [3.8, 4) is 0 Å². The first-order valence-electron chi connectivity index (χ1n) is 7.97. The fourth-order valence-corrected chi connectivity index (χ4v) is 3.68. The molecule has 0 radical (unpaired) electrons. The minimum Gasteiger partial charge on any atom is -0.385 e. The van der Waals surface area contributed by atoms with Crippen LogP contribution in [0.3, 0.4) is 0 Å². The summed E-state index contributed by atoms with van der Waals surface area (Å²) >= 11 is 0. The van der Waals surface area contributed by atoms with Crippen molar-refractivity contribution in [2.75, 3.05) is 0 Å². The number of nitrogens with zero attached hydrogens (tertiary/aromatic N) is 3. The molecule has 0 saturated carbocycles. The molecule has 0 unspecified atom stereocenters. The first-order chi connectivity index (χ1) is 10.3. The fourth-order valence-electron chi connectivity index (χ4n) is 3.68. The average molecular weight is 303 g/mol. The van der Waals surface area contributed by atoms with Crippen LogP contribution < -0.4 is 0 Å². The van der Waals surface area contributed by atoms with Crippen LogP contribution in [0.15, 0.2) is 6.20 Å². The molecule has 4 atom stereocenters. The number of ether oxygens (including phenoxy) is 1. The molecule has 0 aromatic carbocycles. The van der Waals surface area contributed by atoms with Gasteiger partial charge in [0.05, 0.1) is 11.8 Å². The Morgan fingerprint density at radius 1 is 1.32 bits per heavy atom. The van der Waals surface area contributed by atoms with E-state index >= 15 is 0 Å². The van der Waals surface area contributed by atoms with Crippen molar-refractivity contribution in [3.05, 3.63) is 23.3 Å². The summed E-state index contributed by atoms with van der Waals surface area (Å²) in [4.78, 5) is 9.06. The fraction of sp³-hybridized carbons (Fsp3) is 0.647. The van der Waals surface area contributed by atoms with Gasteiger partial charge in [0.15, 0.2) is 6.23 Å². The highest BCUT2D eigenvalue weighted by molar-refractivity contribution is 5.82. The Bertz CT molecular complexity index is 720. The molecule has 0 spiro atoms. The van der Waals surface area contributed by atoms with E-state index in [1.807, 2.05) is 31.5 Å². The van der Waals surface area contributed by atoms with Gasteiger partial charge in [-0.1, -0.05) is 13.8 Å². The highest BCUT2D eigenvalue weighted by Gasteiger charge is 2.50. The van der Waals surface area contributed by atoms with Crippen molar-refractivity contribution in [2.24, 2.45) is 5.92 Å². The maximum absolute atomic E-state index is 11.0. The van der Waals surface area contributed by atoms with Crippen molar-refractivity contribution >= 4 is 11.0 Å². The van der Waals surface area contributed by atoms with Gasteiger partial charge in [-0.25, -0.2) is 9.97 Å². The summed E-state index contributed by atoms with van der Waals surface area (Å²) in [7, 11) is 0. The molecule has 0 bridgehead atoms. The summed E-state index contributed by atoms with van der Waals surface area (Å²) in [5.41, 5.74) is 2.00. The largest absolute Gasteiger partial charge is 0.385 e. The van der Waals surface area contributed by atoms with Crippen LogP contribution >= 0.6 is 0 Å². The maximum atomic E-state index is 11.0. The standard InChI is InChI=1S/C17H25N3O2/c1-7-13-10(3)17(6,21)16(22-13)20-8-9(2)14-11(4)18-12(5)19-15(14)20/h8,10,13,16,21H,7H2,1-6H3/t10-,13-,16-,17-/m1/s1. The summed E-state index contributed by atoms with van der Waals surface area (Å²) in [5.74, 6) is 0.811. The first-order valence-corrected chi connectivity index (χ1v) is 7.97. The van der Waals surface area contributed by atoms with Crippen LogP contribution in [-0.4, -0.2) is 31.3 Å². The van der Waals surface area contributed by atoms with Crippen molar-refractivity contribution < 1.29 is 9.84 Å². The highest BCUT2D eigenvalue weighted by atomic mass is 16.5. The first kappa shape index (κ1) is 15.4. The van der Waals surface area contributed by atoms with Crippen molar-refractivity contribution in [1.82, 2.24) is 14.5 Å². The van der Waals surface area contributed by atoms with E-state index in [9.17, 15) is 5.11 Å². The SMILES string of the molecule is CC[C@H]1O[C@@H](n2cc(C)c3c(C)nc(C)nc32)[C@](C)(O)[C@@H]1C.